The molecular weight excluding hydrogens is 306 g/mol. The van der Waals surface area contributed by atoms with E-state index in [-0.39, 0.29) is 11.8 Å². The number of hydrogen-bond donors (Lipinski definition) is 1. The molecule has 130 valence electrons. The Kier molecular flexibility index (Phi) is 4.87. The van der Waals surface area contributed by atoms with E-state index in [0.29, 0.717) is 26.2 Å². The highest BCUT2D eigenvalue weighted by atomic mass is 16.2. The molecule has 3 amide bonds. The number of piperazine rings is 1. The number of rotatable bonds is 2. The van der Waals surface area contributed by atoms with Crippen molar-refractivity contribution in [1.82, 2.24) is 14.8 Å². The first-order chi connectivity index (χ1) is 11.6. The van der Waals surface area contributed by atoms with Crippen LogP contribution in [-0.4, -0.2) is 66.0 Å². The van der Waals surface area contributed by atoms with Crippen molar-refractivity contribution in [3.63, 3.8) is 0 Å². The van der Waals surface area contributed by atoms with E-state index in [0.717, 1.165) is 31.5 Å². The number of amides is 3. The lowest BCUT2D eigenvalue weighted by molar-refractivity contribution is -0.137. The molecule has 2 aliphatic rings. The minimum atomic E-state index is -0.425. The number of aromatic nitrogens is 1. The number of piperidine rings is 1. The van der Waals surface area contributed by atoms with Crippen molar-refractivity contribution in [2.45, 2.75) is 19.8 Å². The zero-order chi connectivity index (χ0) is 17.1. The van der Waals surface area contributed by atoms with Gasteiger partial charge in [0.2, 0.25) is 5.91 Å². The zero-order valence-electron chi connectivity index (χ0n) is 14.1. The Morgan fingerprint density at radius 3 is 2.58 bits per heavy atom. The number of nitrogens with zero attached hydrogens (tertiary/aromatic N) is 4. The van der Waals surface area contributed by atoms with Crippen LogP contribution in [0, 0.1) is 12.8 Å². The maximum atomic E-state index is 12.8. The lowest BCUT2D eigenvalue weighted by atomic mass is 9.96. The highest BCUT2D eigenvalue weighted by molar-refractivity contribution is 5.81. The minimum absolute atomic E-state index is 0.111. The lowest BCUT2D eigenvalue weighted by Gasteiger charge is -2.39. The molecule has 24 heavy (non-hydrogen) atoms. The summed E-state index contributed by atoms with van der Waals surface area (Å²) in [5.41, 5.74) is 7.70. The Labute approximate surface area is 142 Å². The molecule has 7 nitrogen and oxygen atoms in total. The van der Waals surface area contributed by atoms with Crippen molar-refractivity contribution in [3.8, 4) is 0 Å². The van der Waals surface area contributed by atoms with Gasteiger partial charge >= 0.3 is 6.03 Å². The van der Waals surface area contributed by atoms with E-state index < -0.39 is 6.03 Å². The van der Waals surface area contributed by atoms with E-state index in [1.165, 1.54) is 5.69 Å². The Hall–Kier alpha value is -2.31. The van der Waals surface area contributed by atoms with Gasteiger partial charge in [0, 0.05) is 57.3 Å². The zero-order valence-corrected chi connectivity index (χ0v) is 14.1. The summed E-state index contributed by atoms with van der Waals surface area (Å²) < 4.78 is 0. The fourth-order valence-corrected chi connectivity index (χ4v) is 3.63. The summed E-state index contributed by atoms with van der Waals surface area (Å²) in [5.74, 6) is 0.0486. The second-order valence-corrected chi connectivity index (χ2v) is 6.60. The van der Waals surface area contributed by atoms with Gasteiger partial charge in [-0.25, -0.2) is 4.79 Å². The first-order valence-electron chi connectivity index (χ1n) is 8.55. The fraction of sp³-hybridized carbons (Fsp3) is 0.588. The molecule has 0 radical (unpaired) electrons. The van der Waals surface area contributed by atoms with Crippen molar-refractivity contribution >= 4 is 17.6 Å². The Morgan fingerprint density at radius 1 is 1.17 bits per heavy atom. The third-order valence-electron chi connectivity index (χ3n) is 5.01. The monoisotopic (exact) mass is 331 g/mol. The van der Waals surface area contributed by atoms with E-state index in [4.69, 9.17) is 5.73 Å². The van der Waals surface area contributed by atoms with Gasteiger partial charge in [-0.1, -0.05) is 0 Å². The maximum absolute atomic E-state index is 12.8. The molecule has 2 saturated heterocycles. The molecule has 0 unspecified atom stereocenters. The molecule has 2 N–H and O–H groups in total. The molecule has 7 heteroatoms. The molecule has 0 spiro atoms. The molecule has 3 rings (SSSR count). The van der Waals surface area contributed by atoms with Crippen molar-refractivity contribution < 1.29 is 9.59 Å². The number of primary amides is 1. The van der Waals surface area contributed by atoms with Gasteiger partial charge in [-0.2, -0.15) is 0 Å². The molecule has 2 fully saturated rings. The summed E-state index contributed by atoms with van der Waals surface area (Å²) in [6.45, 7) is 6.25. The number of likely N-dealkylation sites (tertiary alicyclic amines) is 1. The number of carbonyl (C=O) groups excluding carboxylic acids is 2. The SMILES string of the molecule is Cc1cnccc1N1CCN(C(=O)[C@@H]2CCCN(C(N)=O)C2)CC1. The first kappa shape index (κ1) is 16.5. The molecule has 0 aliphatic carbocycles. The van der Waals surface area contributed by atoms with Gasteiger partial charge in [-0.3, -0.25) is 9.78 Å². The molecule has 1 aromatic heterocycles. The average Bonchev–Trinajstić information content (AvgIpc) is 2.62. The predicted molar refractivity (Wildman–Crippen MR) is 91.6 cm³/mol. The van der Waals surface area contributed by atoms with Crippen LogP contribution in [0.25, 0.3) is 0 Å². The normalized spacial score (nSPS) is 21.7. The first-order valence-corrected chi connectivity index (χ1v) is 8.55. The third-order valence-corrected chi connectivity index (χ3v) is 5.01. The molecule has 2 aliphatic heterocycles. The highest BCUT2D eigenvalue weighted by Crippen LogP contribution is 2.23. The second-order valence-electron chi connectivity index (χ2n) is 6.60. The highest BCUT2D eigenvalue weighted by Gasteiger charge is 2.32. The minimum Gasteiger partial charge on any atom is -0.368 e. The van der Waals surface area contributed by atoms with Crippen molar-refractivity contribution in [2.24, 2.45) is 11.7 Å². The summed E-state index contributed by atoms with van der Waals surface area (Å²) in [4.78, 5) is 34.0. The summed E-state index contributed by atoms with van der Waals surface area (Å²) in [6.07, 6.45) is 5.36. The van der Waals surface area contributed by atoms with Crippen LogP contribution in [0.4, 0.5) is 10.5 Å². The van der Waals surface area contributed by atoms with Crippen molar-refractivity contribution in [1.29, 1.82) is 0 Å². The number of carbonyl (C=O) groups is 2. The molecule has 0 aromatic carbocycles. The van der Waals surface area contributed by atoms with Crippen LogP contribution in [0.1, 0.15) is 18.4 Å². The second kappa shape index (κ2) is 7.07. The van der Waals surface area contributed by atoms with Gasteiger partial charge in [0.25, 0.3) is 0 Å². The number of pyridine rings is 1. The quantitative estimate of drug-likeness (QED) is 0.870. The smallest absolute Gasteiger partial charge is 0.314 e. The van der Waals surface area contributed by atoms with Gasteiger partial charge in [0.15, 0.2) is 0 Å². The van der Waals surface area contributed by atoms with Crippen LogP contribution in [-0.2, 0) is 4.79 Å². The van der Waals surface area contributed by atoms with E-state index in [1.807, 2.05) is 17.2 Å². The van der Waals surface area contributed by atoms with Gasteiger partial charge in [0.05, 0.1) is 5.92 Å². The van der Waals surface area contributed by atoms with Crippen LogP contribution in [0.3, 0.4) is 0 Å². The number of urea groups is 1. The number of hydrogen-bond acceptors (Lipinski definition) is 4. The van der Waals surface area contributed by atoms with Gasteiger partial charge in [-0.15, -0.1) is 0 Å². The third kappa shape index (κ3) is 3.44. The molecule has 1 atom stereocenters. The summed E-state index contributed by atoms with van der Waals surface area (Å²) in [6, 6.07) is 1.60. The average molecular weight is 331 g/mol. The summed E-state index contributed by atoms with van der Waals surface area (Å²) >= 11 is 0. The van der Waals surface area contributed by atoms with Crippen LogP contribution >= 0.6 is 0 Å². The molecule has 0 saturated carbocycles. The summed E-state index contributed by atoms with van der Waals surface area (Å²) in [7, 11) is 0. The lowest BCUT2D eigenvalue weighted by Crippen LogP contribution is -2.53. The van der Waals surface area contributed by atoms with Crippen LogP contribution < -0.4 is 10.6 Å². The Bertz CT molecular complexity index is 613. The fourth-order valence-electron chi connectivity index (χ4n) is 3.63. The standard InChI is InChI=1S/C17H25N5O2/c1-13-11-19-5-4-15(13)20-7-9-21(10-8-20)16(23)14-3-2-6-22(12-14)17(18)24/h4-5,11,14H,2-3,6-10,12H2,1H3,(H2,18,24)/t14-/m1/s1. The van der Waals surface area contributed by atoms with Crippen molar-refractivity contribution in [2.75, 3.05) is 44.2 Å². The largest absolute Gasteiger partial charge is 0.368 e. The number of aryl methyl sites for hydroxylation is 1. The topological polar surface area (TPSA) is 82.8 Å². The van der Waals surface area contributed by atoms with E-state index >= 15 is 0 Å². The molecular formula is C17H25N5O2. The molecule has 1 aromatic rings. The van der Waals surface area contributed by atoms with Gasteiger partial charge < -0.3 is 20.4 Å². The number of nitrogens with two attached hydrogens (primary N) is 1. The summed E-state index contributed by atoms with van der Waals surface area (Å²) in [5, 5.41) is 0. The van der Waals surface area contributed by atoms with E-state index in [2.05, 4.69) is 16.8 Å². The predicted octanol–water partition coefficient (Wildman–Crippen LogP) is 0.829. The van der Waals surface area contributed by atoms with Gasteiger partial charge in [-0.05, 0) is 31.4 Å². The Balaban J connectivity index is 1.57. The molecule has 3 heterocycles. The number of anilines is 1. The van der Waals surface area contributed by atoms with Gasteiger partial charge in [0.1, 0.15) is 0 Å². The van der Waals surface area contributed by atoms with Crippen LogP contribution in [0.5, 0.6) is 0 Å². The maximum Gasteiger partial charge on any atom is 0.314 e. The molecule has 0 bridgehead atoms. The van der Waals surface area contributed by atoms with Crippen molar-refractivity contribution in [3.05, 3.63) is 24.0 Å². The van der Waals surface area contributed by atoms with Crippen LogP contribution in [0.2, 0.25) is 0 Å². The van der Waals surface area contributed by atoms with E-state index in [1.54, 1.807) is 11.1 Å². The van der Waals surface area contributed by atoms with Crippen LogP contribution in [0.15, 0.2) is 18.5 Å². The van der Waals surface area contributed by atoms with E-state index in [9.17, 15) is 9.59 Å². The Morgan fingerprint density at radius 2 is 1.92 bits per heavy atom.